The number of amides is 2. The smallest absolute Gasteiger partial charge is 0.326 e. The molecule has 2 rings (SSSR count). The number of aromatic nitrogens is 2. The van der Waals surface area contributed by atoms with Gasteiger partial charge in [0.1, 0.15) is 5.82 Å². The van der Waals surface area contributed by atoms with Gasteiger partial charge in [-0.3, -0.25) is 5.32 Å². The highest BCUT2D eigenvalue weighted by atomic mass is 16.2. The zero-order chi connectivity index (χ0) is 18.4. The Hall–Kier alpha value is -2.67. The lowest BCUT2D eigenvalue weighted by Crippen LogP contribution is -2.22. The highest BCUT2D eigenvalue weighted by Gasteiger charge is 2.13. The molecule has 5 N–H and O–H groups in total. The molecular weight excluding hydrogens is 316 g/mol. The highest BCUT2D eigenvalue weighted by molar-refractivity contribution is 5.98. The lowest BCUT2D eigenvalue weighted by molar-refractivity contribution is 0.262. The van der Waals surface area contributed by atoms with Crippen LogP contribution in [0.1, 0.15) is 32.0 Å². The average molecular weight is 342 g/mol. The highest BCUT2D eigenvalue weighted by Crippen LogP contribution is 2.23. The van der Waals surface area contributed by atoms with Crippen LogP contribution in [0.4, 0.5) is 22.2 Å². The first kappa shape index (κ1) is 18.7. The predicted octanol–water partition coefficient (Wildman–Crippen LogP) is 3.10. The zero-order valence-corrected chi connectivity index (χ0v) is 15.2. The predicted molar refractivity (Wildman–Crippen MR) is 102 cm³/mol. The molecule has 0 fully saturated rings. The molecule has 2 aromatic rings. The minimum Gasteiger partial charge on any atom is -0.369 e. The normalized spacial score (nSPS) is 11.1. The quantitative estimate of drug-likeness (QED) is 0.668. The summed E-state index contributed by atoms with van der Waals surface area (Å²) < 4.78 is 0. The van der Waals surface area contributed by atoms with E-state index in [1.54, 1.807) is 6.07 Å². The number of urea groups is 1. The number of rotatable bonds is 5. The number of nitrogens with two attached hydrogens (primary N) is 1. The third kappa shape index (κ3) is 5.72. The van der Waals surface area contributed by atoms with Crippen molar-refractivity contribution >= 4 is 23.5 Å². The third-order valence-corrected chi connectivity index (χ3v) is 3.54. The molecule has 0 bridgehead atoms. The first-order valence-corrected chi connectivity index (χ1v) is 8.26. The summed E-state index contributed by atoms with van der Waals surface area (Å²) in [5.41, 5.74) is 8.21. The van der Waals surface area contributed by atoms with E-state index in [-0.39, 0.29) is 17.4 Å². The summed E-state index contributed by atoms with van der Waals surface area (Å²) in [4.78, 5) is 20.6. The largest absolute Gasteiger partial charge is 0.369 e. The number of carbonyl (C=O) groups excluding carboxylic acids is 1. The molecular formula is C18H26N6O. The van der Waals surface area contributed by atoms with Crippen LogP contribution in [0.3, 0.4) is 0 Å². The summed E-state index contributed by atoms with van der Waals surface area (Å²) in [6.07, 6.45) is 0. The Morgan fingerprint density at radius 3 is 2.40 bits per heavy atom. The van der Waals surface area contributed by atoms with Gasteiger partial charge in [-0.2, -0.15) is 4.98 Å². The SMILES string of the molecule is Cc1cc(NCCN)nc(NC(=O)Nc2ccc(C(C)(C)C)cc2)n1. The van der Waals surface area contributed by atoms with Gasteiger partial charge >= 0.3 is 6.03 Å². The molecule has 0 aliphatic heterocycles. The van der Waals surface area contributed by atoms with Gasteiger partial charge in [0.15, 0.2) is 0 Å². The molecule has 7 nitrogen and oxygen atoms in total. The molecule has 0 aliphatic rings. The van der Waals surface area contributed by atoms with Crippen LogP contribution < -0.4 is 21.7 Å². The number of anilines is 3. The lowest BCUT2D eigenvalue weighted by atomic mass is 9.87. The van der Waals surface area contributed by atoms with E-state index in [9.17, 15) is 4.79 Å². The fourth-order valence-electron chi connectivity index (χ4n) is 2.23. The molecule has 25 heavy (non-hydrogen) atoms. The molecule has 1 aromatic heterocycles. The fourth-order valence-corrected chi connectivity index (χ4v) is 2.23. The summed E-state index contributed by atoms with van der Waals surface area (Å²) in [7, 11) is 0. The van der Waals surface area contributed by atoms with Gasteiger partial charge in [0.05, 0.1) is 0 Å². The molecule has 0 spiro atoms. The monoisotopic (exact) mass is 342 g/mol. The number of aryl methyl sites for hydroxylation is 1. The Labute approximate surface area is 148 Å². The van der Waals surface area contributed by atoms with E-state index in [1.807, 2.05) is 31.2 Å². The third-order valence-electron chi connectivity index (χ3n) is 3.54. The van der Waals surface area contributed by atoms with Crippen molar-refractivity contribution in [1.82, 2.24) is 9.97 Å². The van der Waals surface area contributed by atoms with Gasteiger partial charge in [-0.1, -0.05) is 32.9 Å². The first-order chi connectivity index (χ1) is 11.8. The van der Waals surface area contributed by atoms with E-state index < -0.39 is 0 Å². The average Bonchev–Trinajstić information content (AvgIpc) is 2.52. The maximum absolute atomic E-state index is 12.2. The number of benzene rings is 1. The Balaban J connectivity index is 2.01. The maximum Gasteiger partial charge on any atom is 0.326 e. The van der Waals surface area contributed by atoms with E-state index in [2.05, 4.69) is 46.7 Å². The fraction of sp³-hybridized carbons (Fsp3) is 0.389. The standard InChI is InChI=1S/C18H26N6O/c1-12-11-15(20-10-9-19)23-16(21-12)24-17(25)22-14-7-5-13(6-8-14)18(2,3)4/h5-8,11H,9-10,19H2,1-4H3,(H3,20,21,22,23,24,25). The molecule has 0 saturated carbocycles. The summed E-state index contributed by atoms with van der Waals surface area (Å²) >= 11 is 0. The second-order valence-electron chi connectivity index (χ2n) is 6.84. The number of carbonyl (C=O) groups is 1. The van der Waals surface area contributed by atoms with E-state index in [0.29, 0.717) is 24.6 Å². The van der Waals surface area contributed by atoms with E-state index in [0.717, 1.165) is 5.69 Å². The number of hydrogen-bond donors (Lipinski definition) is 4. The van der Waals surface area contributed by atoms with E-state index in [1.165, 1.54) is 5.56 Å². The molecule has 0 radical (unpaired) electrons. The second kappa shape index (κ2) is 7.94. The summed E-state index contributed by atoms with van der Waals surface area (Å²) in [6.45, 7) is 9.37. The van der Waals surface area contributed by atoms with Crippen molar-refractivity contribution < 1.29 is 4.79 Å². The minimum atomic E-state index is -0.390. The van der Waals surface area contributed by atoms with Crippen LogP contribution in [0.15, 0.2) is 30.3 Å². The molecule has 0 atom stereocenters. The minimum absolute atomic E-state index is 0.0725. The van der Waals surface area contributed by atoms with Crippen LogP contribution in [0, 0.1) is 6.92 Å². The molecule has 1 heterocycles. The Morgan fingerprint density at radius 1 is 1.12 bits per heavy atom. The lowest BCUT2D eigenvalue weighted by Gasteiger charge is -2.19. The van der Waals surface area contributed by atoms with Gasteiger partial charge in [0.2, 0.25) is 5.95 Å². The van der Waals surface area contributed by atoms with Crippen LogP contribution in [0.5, 0.6) is 0 Å². The van der Waals surface area contributed by atoms with E-state index in [4.69, 9.17) is 5.73 Å². The van der Waals surface area contributed by atoms with Crippen molar-refractivity contribution in [2.75, 3.05) is 29.0 Å². The summed E-state index contributed by atoms with van der Waals surface area (Å²) in [5.74, 6) is 0.867. The van der Waals surface area contributed by atoms with Gasteiger partial charge in [0.25, 0.3) is 0 Å². The molecule has 134 valence electrons. The van der Waals surface area contributed by atoms with Gasteiger partial charge < -0.3 is 16.4 Å². The van der Waals surface area contributed by atoms with Crippen LogP contribution >= 0.6 is 0 Å². The van der Waals surface area contributed by atoms with Crippen molar-refractivity contribution in [2.45, 2.75) is 33.1 Å². The summed E-state index contributed by atoms with van der Waals surface area (Å²) in [6, 6.07) is 9.18. The van der Waals surface area contributed by atoms with Gasteiger partial charge in [-0.15, -0.1) is 0 Å². The van der Waals surface area contributed by atoms with Crippen molar-refractivity contribution in [3.8, 4) is 0 Å². The van der Waals surface area contributed by atoms with Crippen molar-refractivity contribution in [3.05, 3.63) is 41.6 Å². The van der Waals surface area contributed by atoms with Crippen molar-refractivity contribution in [2.24, 2.45) is 5.73 Å². The van der Waals surface area contributed by atoms with Crippen LogP contribution in [0.25, 0.3) is 0 Å². The number of hydrogen-bond acceptors (Lipinski definition) is 5. The first-order valence-electron chi connectivity index (χ1n) is 8.26. The molecule has 7 heteroatoms. The molecule has 0 saturated heterocycles. The Morgan fingerprint density at radius 2 is 1.80 bits per heavy atom. The van der Waals surface area contributed by atoms with E-state index >= 15 is 0 Å². The summed E-state index contributed by atoms with van der Waals surface area (Å²) in [5, 5.41) is 8.50. The molecule has 0 unspecified atom stereocenters. The van der Waals surface area contributed by atoms with Crippen molar-refractivity contribution in [1.29, 1.82) is 0 Å². The second-order valence-corrected chi connectivity index (χ2v) is 6.84. The topological polar surface area (TPSA) is 105 Å². The Bertz CT molecular complexity index is 721. The zero-order valence-electron chi connectivity index (χ0n) is 15.2. The van der Waals surface area contributed by atoms with Crippen molar-refractivity contribution in [3.63, 3.8) is 0 Å². The molecule has 0 aliphatic carbocycles. The van der Waals surface area contributed by atoms with Crippen LogP contribution in [0.2, 0.25) is 0 Å². The van der Waals surface area contributed by atoms with Crippen LogP contribution in [-0.4, -0.2) is 29.1 Å². The molecule has 1 aromatic carbocycles. The van der Waals surface area contributed by atoms with Gasteiger partial charge in [0, 0.05) is 30.5 Å². The number of nitrogens with one attached hydrogen (secondary N) is 3. The van der Waals surface area contributed by atoms with Gasteiger partial charge in [-0.05, 0) is 30.0 Å². The molecule has 2 amide bonds. The van der Waals surface area contributed by atoms with Crippen LogP contribution in [-0.2, 0) is 5.41 Å². The van der Waals surface area contributed by atoms with Gasteiger partial charge in [-0.25, -0.2) is 9.78 Å². The maximum atomic E-state index is 12.2. The Kier molecular flexibility index (Phi) is 5.93. The number of nitrogens with zero attached hydrogens (tertiary/aromatic N) is 2.